The van der Waals surface area contributed by atoms with E-state index < -0.39 is 0 Å². The number of halogens is 1. The normalized spacial score (nSPS) is 16.3. The van der Waals surface area contributed by atoms with Crippen LogP contribution in [0.2, 0.25) is 5.02 Å². The molecule has 130 valence electrons. The van der Waals surface area contributed by atoms with E-state index in [1.165, 1.54) is 11.1 Å². The van der Waals surface area contributed by atoms with Crippen molar-refractivity contribution < 1.29 is 4.74 Å². The summed E-state index contributed by atoms with van der Waals surface area (Å²) in [5.74, 6) is 0. The first-order valence-corrected chi connectivity index (χ1v) is 8.91. The molecule has 2 aromatic carbocycles. The summed E-state index contributed by atoms with van der Waals surface area (Å²) in [6, 6.07) is 18.2. The molecule has 0 radical (unpaired) electrons. The van der Waals surface area contributed by atoms with Crippen molar-refractivity contribution in [2.24, 2.45) is 0 Å². The molecule has 2 aromatic rings. The molecule has 0 spiro atoms. The van der Waals surface area contributed by atoms with Gasteiger partial charge in [0.25, 0.3) is 0 Å². The Morgan fingerprint density at radius 1 is 1.16 bits per heavy atom. The maximum absolute atomic E-state index is 8.88. The van der Waals surface area contributed by atoms with E-state index >= 15 is 0 Å². The first-order chi connectivity index (χ1) is 12.3. The van der Waals surface area contributed by atoms with Gasteiger partial charge in [0, 0.05) is 37.2 Å². The summed E-state index contributed by atoms with van der Waals surface area (Å²) >= 11 is 6.20. The van der Waals surface area contributed by atoms with Crippen molar-refractivity contribution in [2.45, 2.75) is 12.6 Å². The molecule has 0 bridgehead atoms. The lowest BCUT2D eigenvalue weighted by Gasteiger charge is -2.35. The summed E-state index contributed by atoms with van der Waals surface area (Å²) in [7, 11) is 0. The lowest BCUT2D eigenvalue weighted by Crippen LogP contribution is -2.42. The topological polar surface area (TPSA) is 48.3 Å². The van der Waals surface area contributed by atoms with Crippen LogP contribution in [0.15, 0.2) is 48.5 Å². The van der Waals surface area contributed by atoms with E-state index in [1.807, 2.05) is 42.5 Å². The monoisotopic (exact) mass is 355 g/mol. The van der Waals surface area contributed by atoms with Gasteiger partial charge in [-0.3, -0.25) is 4.90 Å². The first-order valence-electron chi connectivity index (χ1n) is 8.53. The Balaban J connectivity index is 1.65. The molecule has 1 N–H and O–H groups in total. The maximum Gasteiger partial charge on any atom is 0.0991 e. The second-order valence-corrected chi connectivity index (χ2v) is 6.60. The fourth-order valence-corrected chi connectivity index (χ4v) is 3.31. The van der Waals surface area contributed by atoms with Gasteiger partial charge in [0.15, 0.2) is 0 Å². The average Bonchev–Trinajstić information content (AvgIpc) is 2.66. The van der Waals surface area contributed by atoms with Crippen molar-refractivity contribution in [3.05, 3.63) is 70.2 Å². The van der Waals surface area contributed by atoms with Gasteiger partial charge in [-0.15, -0.1) is 0 Å². The highest BCUT2D eigenvalue weighted by atomic mass is 35.5. The summed E-state index contributed by atoms with van der Waals surface area (Å²) < 4.78 is 5.49. The highest BCUT2D eigenvalue weighted by Crippen LogP contribution is 2.24. The van der Waals surface area contributed by atoms with Crippen LogP contribution < -0.4 is 5.32 Å². The van der Waals surface area contributed by atoms with Crippen LogP contribution in [0, 0.1) is 11.3 Å². The Morgan fingerprint density at radius 2 is 1.92 bits per heavy atom. The Bertz CT molecular complexity index is 720. The molecule has 1 saturated heterocycles. The smallest absolute Gasteiger partial charge is 0.0991 e. The van der Waals surface area contributed by atoms with Gasteiger partial charge in [-0.05, 0) is 35.4 Å². The number of hydrogen-bond donors (Lipinski definition) is 1. The fourth-order valence-electron chi connectivity index (χ4n) is 3.11. The summed E-state index contributed by atoms with van der Waals surface area (Å²) in [4.78, 5) is 2.45. The Labute approximate surface area is 154 Å². The van der Waals surface area contributed by atoms with Crippen LogP contribution in [0.5, 0.6) is 0 Å². The molecule has 1 atom stereocenters. The van der Waals surface area contributed by atoms with Crippen LogP contribution in [0.25, 0.3) is 0 Å². The van der Waals surface area contributed by atoms with Crippen LogP contribution in [0.3, 0.4) is 0 Å². The molecule has 1 aliphatic rings. The Kier molecular flexibility index (Phi) is 6.43. The molecule has 1 aliphatic heterocycles. The molecule has 0 saturated carbocycles. The fraction of sp³-hybridized carbons (Fsp3) is 0.350. The molecule has 3 rings (SSSR count). The number of benzene rings is 2. The van der Waals surface area contributed by atoms with Crippen molar-refractivity contribution >= 4 is 11.6 Å². The number of morpholine rings is 1. The van der Waals surface area contributed by atoms with Crippen molar-refractivity contribution in [1.82, 2.24) is 10.2 Å². The second-order valence-electron chi connectivity index (χ2n) is 6.16. The largest absolute Gasteiger partial charge is 0.379 e. The minimum absolute atomic E-state index is 0.265. The van der Waals surface area contributed by atoms with Gasteiger partial charge in [0.1, 0.15) is 0 Å². The predicted molar refractivity (Wildman–Crippen MR) is 99.4 cm³/mol. The van der Waals surface area contributed by atoms with Crippen LogP contribution in [0.4, 0.5) is 0 Å². The molecular weight excluding hydrogens is 334 g/mol. The third-order valence-corrected chi connectivity index (χ3v) is 4.70. The van der Waals surface area contributed by atoms with E-state index in [0.717, 1.165) is 44.4 Å². The second kappa shape index (κ2) is 8.98. The summed E-state index contributed by atoms with van der Waals surface area (Å²) in [5.41, 5.74) is 3.08. The lowest BCUT2D eigenvalue weighted by atomic mass is 10.0. The quantitative estimate of drug-likeness (QED) is 0.863. The summed E-state index contributed by atoms with van der Waals surface area (Å²) in [6.07, 6.45) is 0. The molecule has 5 heteroatoms. The SMILES string of the molecule is N#Cc1ccc(CNCC(c2cccc(Cl)c2)N2CCOCC2)cc1. The molecule has 0 amide bonds. The lowest BCUT2D eigenvalue weighted by molar-refractivity contribution is 0.0161. The number of nitriles is 1. The highest BCUT2D eigenvalue weighted by molar-refractivity contribution is 6.30. The van der Waals surface area contributed by atoms with E-state index in [1.54, 1.807) is 0 Å². The molecule has 0 aliphatic carbocycles. The van der Waals surface area contributed by atoms with E-state index in [0.29, 0.717) is 5.56 Å². The number of ether oxygens (including phenoxy) is 1. The first kappa shape index (κ1) is 17.9. The molecule has 25 heavy (non-hydrogen) atoms. The Hall–Kier alpha value is -1.90. The standard InChI is InChI=1S/C20H22ClN3O/c21-19-3-1-2-18(12-19)20(24-8-10-25-11-9-24)15-23-14-17-6-4-16(13-22)5-7-17/h1-7,12,20,23H,8-11,14-15H2. The van der Waals surface area contributed by atoms with Crippen molar-refractivity contribution in [2.75, 3.05) is 32.8 Å². The Morgan fingerprint density at radius 3 is 2.60 bits per heavy atom. The van der Waals surface area contributed by atoms with Crippen LogP contribution in [0.1, 0.15) is 22.7 Å². The van der Waals surface area contributed by atoms with Crippen LogP contribution in [-0.4, -0.2) is 37.7 Å². The third-order valence-electron chi connectivity index (χ3n) is 4.47. The molecule has 4 nitrogen and oxygen atoms in total. The van der Waals surface area contributed by atoms with Crippen molar-refractivity contribution in [3.63, 3.8) is 0 Å². The molecule has 1 heterocycles. The zero-order valence-electron chi connectivity index (χ0n) is 14.1. The van der Waals surface area contributed by atoms with E-state index in [-0.39, 0.29) is 6.04 Å². The maximum atomic E-state index is 8.88. The number of nitrogens with zero attached hydrogens (tertiary/aromatic N) is 2. The number of nitrogens with one attached hydrogen (secondary N) is 1. The van der Waals surface area contributed by atoms with Gasteiger partial charge in [0.05, 0.1) is 24.8 Å². The predicted octanol–water partition coefficient (Wildman–Crippen LogP) is 3.37. The molecule has 1 unspecified atom stereocenters. The van der Waals surface area contributed by atoms with Gasteiger partial charge < -0.3 is 10.1 Å². The van der Waals surface area contributed by atoms with Gasteiger partial charge >= 0.3 is 0 Å². The third kappa shape index (κ3) is 5.04. The van der Waals surface area contributed by atoms with E-state index in [4.69, 9.17) is 21.6 Å². The molecule has 1 fully saturated rings. The molecular formula is C20H22ClN3O. The highest BCUT2D eigenvalue weighted by Gasteiger charge is 2.22. The minimum Gasteiger partial charge on any atom is -0.379 e. The number of rotatable bonds is 6. The number of hydrogen-bond acceptors (Lipinski definition) is 4. The summed E-state index contributed by atoms with van der Waals surface area (Å²) in [6.45, 7) is 5.00. The zero-order valence-corrected chi connectivity index (χ0v) is 14.9. The van der Waals surface area contributed by atoms with Crippen LogP contribution in [-0.2, 0) is 11.3 Å². The van der Waals surface area contributed by atoms with Gasteiger partial charge in [-0.1, -0.05) is 35.9 Å². The van der Waals surface area contributed by atoms with Gasteiger partial charge in [0.2, 0.25) is 0 Å². The van der Waals surface area contributed by atoms with Gasteiger partial charge in [-0.2, -0.15) is 5.26 Å². The van der Waals surface area contributed by atoms with E-state index in [2.05, 4.69) is 22.4 Å². The van der Waals surface area contributed by atoms with Crippen molar-refractivity contribution in [1.29, 1.82) is 5.26 Å². The minimum atomic E-state index is 0.265. The average molecular weight is 356 g/mol. The van der Waals surface area contributed by atoms with Gasteiger partial charge in [-0.25, -0.2) is 0 Å². The van der Waals surface area contributed by atoms with Crippen molar-refractivity contribution in [3.8, 4) is 6.07 Å². The van der Waals surface area contributed by atoms with Crippen LogP contribution >= 0.6 is 11.6 Å². The summed E-state index contributed by atoms with van der Waals surface area (Å²) in [5, 5.41) is 13.2. The molecule has 0 aromatic heterocycles. The van der Waals surface area contributed by atoms with E-state index in [9.17, 15) is 0 Å². The zero-order chi connectivity index (χ0) is 17.5.